The molecule has 2 heterocycles. The molecule has 1 N–H and O–H groups in total. The van der Waals surface area contributed by atoms with Crippen LogP contribution in [0.5, 0.6) is 0 Å². The van der Waals surface area contributed by atoms with Crippen LogP contribution in [0, 0.1) is 0 Å². The van der Waals surface area contributed by atoms with Crippen LogP contribution in [-0.2, 0) is 6.42 Å². The van der Waals surface area contributed by atoms with Crippen molar-refractivity contribution in [1.82, 2.24) is 10.2 Å². The van der Waals surface area contributed by atoms with Gasteiger partial charge in [-0.25, -0.2) is 0 Å². The standard InChI is InChI=1S/C18H23F3N6S/c1-11(2)27-12(3)4-5-13-15(27)7-6-14(24-26-17-25-23-10-28-17)16(13)22-9-8-18(19,20)21/h6-7,10-12,22H,4-5,8-9H2,1-3H3. The van der Waals surface area contributed by atoms with Gasteiger partial charge in [0.15, 0.2) is 0 Å². The summed E-state index contributed by atoms with van der Waals surface area (Å²) < 4.78 is 37.9. The predicted molar refractivity (Wildman–Crippen MR) is 105 cm³/mol. The maximum absolute atomic E-state index is 12.6. The van der Waals surface area contributed by atoms with Crippen LogP contribution >= 0.6 is 11.3 Å². The summed E-state index contributed by atoms with van der Waals surface area (Å²) in [5, 5.41) is 19.2. The molecule has 6 nitrogen and oxygen atoms in total. The fourth-order valence-electron chi connectivity index (χ4n) is 3.55. The number of benzene rings is 1. The van der Waals surface area contributed by atoms with Gasteiger partial charge in [0.25, 0.3) is 5.13 Å². The average molecular weight is 412 g/mol. The molecule has 0 radical (unpaired) electrons. The van der Waals surface area contributed by atoms with Crippen LogP contribution in [-0.4, -0.2) is 35.0 Å². The zero-order chi connectivity index (χ0) is 20.3. The first-order valence-corrected chi connectivity index (χ1v) is 10.1. The molecule has 1 unspecified atom stereocenters. The molecule has 10 heteroatoms. The molecule has 0 fully saturated rings. The highest BCUT2D eigenvalue weighted by atomic mass is 32.1. The molecule has 0 spiro atoms. The minimum absolute atomic E-state index is 0.210. The van der Waals surface area contributed by atoms with Crippen LogP contribution in [0.1, 0.15) is 39.2 Å². The second kappa shape index (κ2) is 8.42. The largest absolute Gasteiger partial charge is 0.390 e. The molecule has 0 aliphatic carbocycles. The molecular formula is C18H23F3N6S. The van der Waals surface area contributed by atoms with Gasteiger partial charge in [-0.2, -0.15) is 13.2 Å². The Morgan fingerprint density at radius 2 is 2.11 bits per heavy atom. The summed E-state index contributed by atoms with van der Waals surface area (Å²) in [6, 6.07) is 4.43. The lowest BCUT2D eigenvalue weighted by atomic mass is 9.93. The van der Waals surface area contributed by atoms with Gasteiger partial charge in [0.2, 0.25) is 0 Å². The summed E-state index contributed by atoms with van der Waals surface area (Å²) in [7, 11) is 0. The van der Waals surface area contributed by atoms with E-state index in [1.807, 2.05) is 6.07 Å². The smallest absolute Gasteiger partial charge is 0.383 e. The van der Waals surface area contributed by atoms with Gasteiger partial charge < -0.3 is 10.2 Å². The summed E-state index contributed by atoms with van der Waals surface area (Å²) in [6.07, 6.45) is -3.42. The van der Waals surface area contributed by atoms with Crippen LogP contribution < -0.4 is 10.2 Å². The molecular weight excluding hydrogens is 389 g/mol. The van der Waals surface area contributed by atoms with Gasteiger partial charge in [0.05, 0.1) is 12.1 Å². The first-order chi connectivity index (χ1) is 13.3. The number of hydrogen-bond donors (Lipinski definition) is 1. The first kappa shape index (κ1) is 20.5. The normalized spacial score (nSPS) is 17.4. The van der Waals surface area contributed by atoms with Crippen molar-refractivity contribution in [2.45, 2.75) is 58.3 Å². The van der Waals surface area contributed by atoms with Gasteiger partial charge in [-0.15, -0.1) is 20.4 Å². The number of azo groups is 1. The summed E-state index contributed by atoms with van der Waals surface area (Å²) in [6.45, 7) is 6.19. The molecule has 2 aromatic rings. The topological polar surface area (TPSA) is 65.8 Å². The zero-order valence-corrected chi connectivity index (χ0v) is 16.8. The highest BCUT2D eigenvalue weighted by Crippen LogP contribution is 2.42. The summed E-state index contributed by atoms with van der Waals surface area (Å²) >= 11 is 1.24. The number of anilines is 2. The molecule has 1 aromatic heterocycles. The molecule has 0 bridgehead atoms. The number of nitrogens with zero attached hydrogens (tertiary/aromatic N) is 5. The van der Waals surface area contributed by atoms with E-state index in [1.165, 1.54) is 11.3 Å². The number of hydrogen-bond acceptors (Lipinski definition) is 7. The molecule has 3 rings (SSSR count). The molecule has 152 valence electrons. The van der Waals surface area contributed by atoms with Gasteiger partial charge in [0.1, 0.15) is 11.2 Å². The maximum Gasteiger partial charge on any atom is 0.390 e. The lowest BCUT2D eigenvalue weighted by molar-refractivity contribution is -0.131. The molecule has 28 heavy (non-hydrogen) atoms. The van der Waals surface area contributed by atoms with E-state index in [1.54, 1.807) is 11.6 Å². The highest BCUT2D eigenvalue weighted by Gasteiger charge is 2.29. The second-order valence-corrected chi connectivity index (χ2v) is 7.87. The quantitative estimate of drug-likeness (QED) is 0.603. The van der Waals surface area contributed by atoms with Crippen molar-refractivity contribution in [3.8, 4) is 0 Å². The van der Waals surface area contributed by atoms with Crippen molar-refractivity contribution >= 4 is 33.5 Å². The molecule has 0 saturated heterocycles. The third-order valence-corrected chi connectivity index (χ3v) is 5.26. The van der Waals surface area contributed by atoms with Gasteiger partial charge in [-0.1, -0.05) is 11.3 Å². The van der Waals surface area contributed by atoms with E-state index in [0.29, 0.717) is 22.5 Å². The Morgan fingerprint density at radius 3 is 2.75 bits per heavy atom. The van der Waals surface area contributed by atoms with Crippen LogP contribution in [0.2, 0.25) is 0 Å². The number of halogens is 3. The summed E-state index contributed by atoms with van der Waals surface area (Å²) in [4.78, 5) is 2.30. The summed E-state index contributed by atoms with van der Waals surface area (Å²) in [5.74, 6) is 0. The van der Waals surface area contributed by atoms with E-state index in [4.69, 9.17) is 0 Å². The predicted octanol–water partition coefficient (Wildman–Crippen LogP) is 5.87. The molecule has 0 amide bonds. The third-order valence-electron chi connectivity index (χ3n) is 4.69. The van der Waals surface area contributed by atoms with Crippen molar-refractivity contribution in [3.05, 3.63) is 23.2 Å². The van der Waals surface area contributed by atoms with E-state index in [-0.39, 0.29) is 12.6 Å². The lowest BCUT2D eigenvalue weighted by Crippen LogP contribution is -2.42. The molecule has 1 aliphatic rings. The zero-order valence-electron chi connectivity index (χ0n) is 16.0. The van der Waals surface area contributed by atoms with Crippen molar-refractivity contribution in [2.24, 2.45) is 10.2 Å². The number of fused-ring (bicyclic) bond motifs is 1. The van der Waals surface area contributed by atoms with Crippen molar-refractivity contribution in [3.63, 3.8) is 0 Å². The lowest BCUT2D eigenvalue weighted by Gasteiger charge is -2.41. The molecule has 1 aliphatic heterocycles. The van der Waals surface area contributed by atoms with Crippen LogP contribution in [0.4, 0.5) is 35.4 Å². The van der Waals surface area contributed by atoms with Crippen LogP contribution in [0.25, 0.3) is 0 Å². The Labute approximate surface area is 165 Å². The SMILES string of the molecule is CC(C)N1c2ccc(N=Nc3nncs3)c(NCCC(F)(F)F)c2CCC1C. The van der Waals surface area contributed by atoms with Crippen molar-refractivity contribution in [1.29, 1.82) is 0 Å². The van der Waals surface area contributed by atoms with Crippen LogP contribution in [0.15, 0.2) is 27.9 Å². The molecule has 1 aromatic carbocycles. The first-order valence-electron chi connectivity index (χ1n) is 9.19. The van der Waals surface area contributed by atoms with E-state index in [2.05, 4.69) is 51.4 Å². The number of nitrogens with one attached hydrogen (secondary N) is 1. The minimum Gasteiger partial charge on any atom is -0.383 e. The molecule has 1 atom stereocenters. The Hall–Kier alpha value is -2.23. The van der Waals surface area contributed by atoms with Crippen molar-refractivity contribution in [2.75, 3.05) is 16.8 Å². The van der Waals surface area contributed by atoms with Gasteiger partial charge in [-0.05, 0) is 45.7 Å². The van der Waals surface area contributed by atoms with Crippen LogP contribution in [0.3, 0.4) is 0 Å². The van der Waals surface area contributed by atoms with Crippen molar-refractivity contribution < 1.29 is 13.2 Å². The Kier molecular flexibility index (Phi) is 6.17. The molecule has 0 saturated carbocycles. The fraction of sp³-hybridized carbons (Fsp3) is 0.556. The minimum atomic E-state index is -4.21. The van der Waals surface area contributed by atoms with E-state index in [0.717, 1.165) is 24.1 Å². The fourth-order valence-corrected chi connectivity index (χ4v) is 3.92. The van der Waals surface area contributed by atoms with Gasteiger partial charge in [-0.3, -0.25) is 0 Å². The number of aromatic nitrogens is 2. The maximum atomic E-state index is 12.6. The number of rotatable bonds is 6. The van der Waals surface area contributed by atoms with E-state index in [9.17, 15) is 13.2 Å². The monoisotopic (exact) mass is 412 g/mol. The third kappa shape index (κ3) is 4.78. The Morgan fingerprint density at radius 1 is 1.32 bits per heavy atom. The second-order valence-electron chi connectivity index (χ2n) is 7.06. The van der Waals surface area contributed by atoms with E-state index < -0.39 is 12.6 Å². The Bertz CT molecular complexity index is 819. The van der Waals surface area contributed by atoms with E-state index >= 15 is 0 Å². The average Bonchev–Trinajstić information content (AvgIpc) is 3.12. The summed E-state index contributed by atoms with van der Waals surface area (Å²) in [5.41, 5.74) is 4.70. The van der Waals surface area contributed by atoms with Gasteiger partial charge >= 0.3 is 6.18 Å². The van der Waals surface area contributed by atoms with Gasteiger partial charge in [0, 0.05) is 29.9 Å². The highest BCUT2D eigenvalue weighted by molar-refractivity contribution is 7.13. The Balaban J connectivity index is 1.97. The number of alkyl halides is 3.